The summed E-state index contributed by atoms with van der Waals surface area (Å²) in [7, 11) is 0. The molecule has 2 aliphatic rings. The summed E-state index contributed by atoms with van der Waals surface area (Å²) in [5.74, 6) is 0.854. The second kappa shape index (κ2) is 15.7. The molecule has 0 amide bonds. The quantitative estimate of drug-likeness (QED) is 0.200. The molecule has 0 bridgehead atoms. The molecule has 4 nitrogen and oxygen atoms in total. The van der Waals surface area contributed by atoms with Gasteiger partial charge >= 0.3 is 11.9 Å². The summed E-state index contributed by atoms with van der Waals surface area (Å²) in [6.07, 6.45) is 20.0. The van der Waals surface area contributed by atoms with E-state index in [1.165, 1.54) is 64.2 Å². The van der Waals surface area contributed by atoms with Crippen LogP contribution in [0.1, 0.15) is 136 Å². The van der Waals surface area contributed by atoms with Gasteiger partial charge in [0, 0.05) is 0 Å². The highest BCUT2D eigenvalue weighted by Gasteiger charge is 2.33. The second-order valence-electron chi connectivity index (χ2n) is 10.6. The lowest BCUT2D eigenvalue weighted by Crippen LogP contribution is -2.32. The second-order valence-corrected chi connectivity index (χ2v) is 10.6. The number of ether oxygens (including phenoxy) is 2. The van der Waals surface area contributed by atoms with Crippen molar-refractivity contribution in [1.29, 1.82) is 0 Å². The van der Waals surface area contributed by atoms with Gasteiger partial charge in [-0.3, -0.25) is 9.59 Å². The molecule has 32 heavy (non-hydrogen) atoms. The number of carbonyl (C=O) groups is 2. The first-order chi connectivity index (χ1) is 15.5. The van der Waals surface area contributed by atoms with Crippen LogP contribution >= 0.6 is 0 Å². The average Bonchev–Trinajstić information content (AvgIpc) is 2.80. The van der Waals surface area contributed by atoms with Crippen LogP contribution in [-0.4, -0.2) is 24.1 Å². The van der Waals surface area contributed by atoms with Crippen LogP contribution in [0.5, 0.6) is 0 Å². The van der Waals surface area contributed by atoms with E-state index in [0.29, 0.717) is 0 Å². The molecule has 0 aromatic rings. The van der Waals surface area contributed by atoms with Crippen molar-refractivity contribution in [3.05, 3.63) is 0 Å². The molecular weight excluding hydrogens is 400 g/mol. The van der Waals surface area contributed by atoms with Crippen LogP contribution in [0.25, 0.3) is 0 Å². The van der Waals surface area contributed by atoms with Gasteiger partial charge in [-0.15, -0.1) is 0 Å². The molecule has 0 N–H and O–H groups in total. The van der Waals surface area contributed by atoms with Crippen molar-refractivity contribution in [3.63, 3.8) is 0 Å². The summed E-state index contributed by atoms with van der Waals surface area (Å²) in [6, 6.07) is 0. The first-order valence-corrected chi connectivity index (χ1v) is 13.9. The molecule has 0 radical (unpaired) electrons. The summed E-state index contributed by atoms with van der Waals surface area (Å²) >= 11 is 0. The largest absolute Gasteiger partial charge is 0.462 e. The zero-order chi connectivity index (χ0) is 23.2. The Hall–Kier alpha value is -1.06. The highest BCUT2D eigenvalue weighted by atomic mass is 16.5. The molecule has 0 heterocycles. The van der Waals surface area contributed by atoms with E-state index >= 15 is 0 Å². The molecule has 186 valence electrons. The first-order valence-electron chi connectivity index (χ1n) is 13.9. The van der Waals surface area contributed by atoms with E-state index in [1.807, 2.05) is 6.92 Å². The number of unbranched alkanes of at least 4 members (excludes halogenated alkanes) is 6. The Balaban J connectivity index is 1.58. The molecule has 0 aromatic carbocycles. The van der Waals surface area contributed by atoms with Gasteiger partial charge in [0.2, 0.25) is 0 Å². The predicted octanol–water partition coefficient (Wildman–Crippen LogP) is 7.77. The molecular formula is C28H50O4. The molecule has 0 spiro atoms. The van der Waals surface area contributed by atoms with Crippen molar-refractivity contribution in [3.8, 4) is 0 Å². The number of hydrogen-bond acceptors (Lipinski definition) is 4. The summed E-state index contributed by atoms with van der Waals surface area (Å²) in [5, 5.41) is 0. The first kappa shape index (κ1) is 27.2. The Morgan fingerprint density at radius 1 is 0.719 bits per heavy atom. The maximum atomic E-state index is 12.7. The van der Waals surface area contributed by atoms with Crippen LogP contribution in [0, 0.1) is 17.8 Å². The minimum Gasteiger partial charge on any atom is -0.462 e. The lowest BCUT2D eigenvalue weighted by atomic mass is 9.79. The standard InChI is InChI=1S/C28H50O4/c1-4-6-8-10-12-22(3)31-27(29)25-18-20-26(21-19-25)32-28(30)24-16-14-23(15-17-24)13-11-9-7-5-2/h22-26H,4-21H2,1-3H3. The molecule has 2 rings (SSSR count). The summed E-state index contributed by atoms with van der Waals surface area (Å²) in [5.41, 5.74) is 0. The highest BCUT2D eigenvalue weighted by molar-refractivity contribution is 5.73. The van der Waals surface area contributed by atoms with E-state index < -0.39 is 0 Å². The summed E-state index contributed by atoms with van der Waals surface area (Å²) < 4.78 is 11.6. The van der Waals surface area contributed by atoms with Gasteiger partial charge in [0.1, 0.15) is 6.10 Å². The van der Waals surface area contributed by atoms with E-state index in [9.17, 15) is 9.59 Å². The molecule has 2 aliphatic carbocycles. The van der Waals surface area contributed by atoms with Gasteiger partial charge in [0.05, 0.1) is 17.9 Å². The molecule has 2 fully saturated rings. The summed E-state index contributed by atoms with van der Waals surface area (Å²) in [4.78, 5) is 25.2. The van der Waals surface area contributed by atoms with Gasteiger partial charge in [0.25, 0.3) is 0 Å². The molecule has 1 unspecified atom stereocenters. The fourth-order valence-electron chi connectivity index (χ4n) is 5.44. The molecule has 4 heteroatoms. The Labute approximate surface area is 197 Å². The maximum Gasteiger partial charge on any atom is 0.309 e. The smallest absolute Gasteiger partial charge is 0.309 e. The fourth-order valence-corrected chi connectivity index (χ4v) is 5.44. The third kappa shape index (κ3) is 10.3. The van der Waals surface area contributed by atoms with Crippen molar-refractivity contribution in [2.75, 3.05) is 0 Å². The van der Waals surface area contributed by atoms with Crippen LogP contribution in [0.2, 0.25) is 0 Å². The van der Waals surface area contributed by atoms with Gasteiger partial charge in [-0.1, -0.05) is 65.2 Å². The van der Waals surface area contributed by atoms with Crippen LogP contribution in [0.4, 0.5) is 0 Å². The minimum absolute atomic E-state index is 0.00946. The van der Waals surface area contributed by atoms with Crippen molar-refractivity contribution < 1.29 is 19.1 Å². The zero-order valence-electron chi connectivity index (χ0n) is 21.2. The number of rotatable bonds is 14. The fraction of sp³-hybridized carbons (Fsp3) is 0.929. The molecule has 1 atom stereocenters. The van der Waals surface area contributed by atoms with Crippen LogP contribution in [0.3, 0.4) is 0 Å². The average molecular weight is 451 g/mol. The lowest BCUT2D eigenvalue weighted by molar-refractivity contribution is -0.160. The van der Waals surface area contributed by atoms with Gasteiger partial charge < -0.3 is 9.47 Å². The van der Waals surface area contributed by atoms with Crippen LogP contribution < -0.4 is 0 Å². The maximum absolute atomic E-state index is 12.7. The normalized spacial score (nSPS) is 27.0. The van der Waals surface area contributed by atoms with E-state index in [0.717, 1.165) is 57.3 Å². The molecule has 2 saturated carbocycles. The van der Waals surface area contributed by atoms with Crippen molar-refractivity contribution in [1.82, 2.24) is 0 Å². The van der Waals surface area contributed by atoms with Crippen molar-refractivity contribution >= 4 is 11.9 Å². The highest BCUT2D eigenvalue weighted by Crippen LogP contribution is 2.34. The Bertz CT molecular complexity index is 516. The number of hydrogen-bond donors (Lipinski definition) is 0. The Morgan fingerprint density at radius 3 is 1.91 bits per heavy atom. The van der Waals surface area contributed by atoms with Crippen LogP contribution in [-0.2, 0) is 19.1 Å². The van der Waals surface area contributed by atoms with E-state index in [1.54, 1.807) is 0 Å². The third-order valence-electron chi connectivity index (χ3n) is 7.72. The molecule has 0 aromatic heterocycles. The van der Waals surface area contributed by atoms with Gasteiger partial charge in [0.15, 0.2) is 0 Å². The number of carbonyl (C=O) groups excluding carboxylic acids is 2. The van der Waals surface area contributed by atoms with Gasteiger partial charge in [-0.25, -0.2) is 0 Å². The topological polar surface area (TPSA) is 52.6 Å². The van der Waals surface area contributed by atoms with Crippen LogP contribution in [0.15, 0.2) is 0 Å². The van der Waals surface area contributed by atoms with E-state index in [2.05, 4.69) is 13.8 Å². The molecule has 0 saturated heterocycles. The van der Waals surface area contributed by atoms with Gasteiger partial charge in [-0.2, -0.15) is 0 Å². The van der Waals surface area contributed by atoms with Gasteiger partial charge in [-0.05, 0) is 77.0 Å². The zero-order valence-corrected chi connectivity index (χ0v) is 21.2. The predicted molar refractivity (Wildman–Crippen MR) is 130 cm³/mol. The van der Waals surface area contributed by atoms with E-state index in [4.69, 9.17) is 9.47 Å². The third-order valence-corrected chi connectivity index (χ3v) is 7.72. The lowest BCUT2D eigenvalue weighted by Gasteiger charge is -2.31. The number of esters is 2. The molecule has 0 aliphatic heterocycles. The monoisotopic (exact) mass is 450 g/mol. The Kier molecular flexibility index (Phi) is 13.4. The summed E-state index contributed by atoms with van der Waals surface area (Å²) in [6.45, 7) is 6.47. The SMILES string of the molecule is CCCCCCC1CCC(C(=O)OC2CCC(C(=O)OC(C)CCCCCC)CC2)CC1. The Morgan fingerprint density at radius 2 is 1.28 bits per heavy atom. The van der Waals surface area contributed by atoms with Crippen molar-refractivity contribution in [2.24, 2.45) is 17.8 Å². The minimum atomic E-state index is -0.0463. The van der Waals surface area contributed by atoms with E-state index in [-0.39, 0.29) is 36.0 Å². The van der Waals surface area contributed by atoms with Crippen molar-refractivity contribution in [2.45, 2.75) is 149 Å².